The first-order valence-electron chi connectivity index (χ1n) is 4.69. The minimum atomic E-state index is -0.246. The minimum Gasteiger partial charge on any atom is -0.383 e. The third-order valence-corrected chi connectivity index (χ3v) is 2.70. The van der Waals surface area contributed by atoms with Gasteiger partial charge in [-0.1, -0.05) is 15.9 Å². The summed E-state index contributed by atoms with van der Waals surface area (Å²) in [6.07, 6.45) is 0. The van der Waals surface area contributed by atoms with Gasteiger partial charge in [0.25, 0.3) is 5.56 Å². The largest absolute Gasteiger partial charge is 0.383 e. The number of aromatic nitrogens is 2. The number of anilines is 1. The molecule has 0 spiro atoms. The summed E-state index contributed by atoms with van der Waals surface area (Å²) in [7, 11) is 0. The van der Waals surface area contributed by atoms with Gasteiger partial charge in [0, 0.05) is 16.1 Å². The minimum absolute atomic E-state index is 0.223. The van der Waals surface area contributed by atoms with Crippen molar-refractivity contribution in [2.75, 3.05) is 5.73 Å². The Bertz CT molecular complexity index is 592. The van der Waals surface area contributed by atoms with E-state index in [0.29, 0.717) is 5.82 Å². The lowest BCUT2D eigenvalue weighted by molar-refractivity contribution is 1.13. The highest BCUT2D eigenvalue weighted by molar-refractivity contribution is 9.10. The van der Waals surface area contributed by atoms with Crippen molar-refractivity contribution < 1.29 is 0 Å². The number of rotatable bonds is 1. The fourth-order valence-electron chi connectivity index (χ4n) is 1.50. The molecule has 3 N–H and O–H groups in total. The molecule has 1 aromatic carbocycles. The molecule has 4 nitrogen and oxygen atoms in total. The second-order valence-electron chi connectivity index (χ2n) is 3.48. The summed E-state index contributed by atoms with van der Waals surface area (Å²) in [5, 5.41) is 0. The first-order valence-corrected chi connectivity index (χ1v) is 5.49. The van der Waals surface area contributed by atoms with E-state index in [9.17, 15) is 4.79 Å². The molecular formula is C11H10BrN3O. The van der Waals surface area contributed by atoms with Gasteiger partial charge in [-0.2, -0.15) is 0 Å². The van der Waals surface area contributed by atoms with Crippen LogP contribution >= 0.6 is 15.9 Å². The van der Waals surface area contributed by atoms with E-state index in [0.717, 1.165) is 15.6 Å². The Hall–Kier alpha value is -1.62. The third-order valence-electron chi connectivity index (χ3n) is 2.21. The molecule has 0 saturated carbocycles. The van der Waals surface area contributed by atoms with Gasteiger partial charge >= 0.3 is 0 Å². The van der Waals surface area contributed by atoms with Crippen LogP contribution in [0.3, 0.4) is 0 Å². The number of hydrogen-bond acceptors (Lipinski definition) is 3. The van der Waals surface area contributed by atoms with Gasteiger partial charge < -0.3 is 10.7 Å². The number of aryl methyl sites for hydroxylation is 1. The Morgan fingerprint density at radius 1 is 1.38 bits per heavy atom. The van der Waals surface area contributed by atoms with Gasteiger partial charge in [0.2, 0.25) is 0 Å². The fraction of sp³-hybridized carbons (Fsp3) is 0.0909. The van der Waals surface area contributed by atoms with Crippen molar-refractivity contribution in [1.29, 1.82) is 0 Å². The molecule has 1 heterocycles. The zero-order valence-electron chi connectivity index (χ0n) is 8.62. The zero-order valence-corrected chi connectivity index (χ0v) is 10.2. The SMILES string of the molecule is Cc1cc(Br)ccc1-c1nc(N)cc(=O)[nH]1. The van der Waals surface area contributed by atoms with E-state index in [1.165, 1.54) is 6.07 Å². The summed E-state index contributed by atoms with van der Waals surface area (Å²) >= 11 is 3.38. The van der Waals surface area contributed by atoms with Crippen LogP contribution in [0.4, 0.5) is 5.82 Å². The number of benzene rings is 1. The second-order valence-corrected chi connectivity index (χ2v) is 4.39. The lowest BCUT2D eigenvalue weighted by atomic mass is 10.1. The van der Waals surface area contributed by atoms with Gasteiger partial charge in [-0.25, -0.2) is 4.98 Å². The standard InChI is InChI=1S/C11H10BrN3O/c1-6-4-7(12)2-3-8(6)11-14-9(13)5-10(16)15-11/h2-5H,1H3,(H3,13,14,15,16). The summed E-state index contributed by atoms with van der Waals surface area (Å²) < 4.78 is 0.986. The third kappa shape index (κ3) is 2.14. The maximum Gasteiger partial charge on any atom is 0.253 e. The van der Waals surface area contributed by atoms with Gasteiger partial charge in [0.1, 0.15) is 11.6 Å². The molecule has 0 amide bonds. The van der Waals surface area contributed by atoms with Crippen LogP contribution in [0.25, 0.3) is 11.4 Å². The topological polar surface area (TPSA) is 71.8 Å². The predicted octanol–water partition coefficient (Wildman–Crippen LogP) is 2.09. The lowest BCUT2D eigenvalue weighted by Crippen LogP contribution is -2.10. The molecule has 0 fully saturated rings. The van der Waals surface area contributed by atoms with Crippen LogP contribution in [0.15, 0.2) is 33.5 Å². The first kappa shape index (κ1) is 10.9. The molecule has 82 valence electrons. The van der Waals surface area contributed by atoms with Crippen molar-refractivity contribution in [2.45, 2.75) is 6.92 Å². The summed E-state index contributed by atoms with van der Waals surface area (Å²) in [5.74, 6) is 0.719. The molecule has 16 heavy (non-hydrogen) atoms. The monoisotopic (exact) mass is 279 g/mol. The predicted molar refractivity (Wildman–Crippen MR) is 67.1 cm³/mol. The summed E-state index contributed by atoms with van der Waals surface area (Å²) in [5.41, 5.74) is 7.18. The number of nitrogens with zero attached hydrogens (tertiary/aromatic N) is 1. The van der Waals surface area contributed by atoms with Crippen molar-refractivity contribution in [2.24, 2.45) is 0 Å². The summed E-state index contributed by atoms with van der Waals surface area (Å²) in [6.45, 7) is 1.95. The summed E-state index contributed by atoms with van der Waals surface area (Å²) in [4.78, 5) is 18.0. The number of aromatic amines is 1. The van der Waals surface area contributed by atoms with Crippen LogP contribution < -0.4 is 11.3 Å². The zero-order chi connectivity index (χ0) is 11.7. The quantitative estimate of drug-likeness (QED) is 0.840. The van der Waals surface area contributed by atoms with Crippen LogP contribution in [0.2, 0.25) is 0 Å². The molecule has 2 aromatic rings. The number of H-pyrrole nitrogens is 1. The average Bonchev–Trinajstić information content (AvgIpc) is 2.15. The Morgan fingerprint density at radius 2 is 2.12 bits per heavy atom. The highest BCUT2D eigenvalue weighted by atomic mass is 79.9. The number of nitrogen functional groups attached to an aromatic ring is 1. The fourth-order valence-corrected chi connectivity index (χ4v) is 1.97. The highest BCUT2D eigenvalue weighted by Gasteiger charge is 2.05. The van der Waals surface area contributed by atoms with Crippen LogP contribution in [0.1, 0.15) is 5.56 Å². The van der Waals surface area contributed by atoms with Gasteiger partial charge in [0.15, 0.2) is 0 Å². The molecule has 0 unspecified atom stereocenters. The molecule has 1 aromatic heterocycles. The Labute approximate surface area is 101 Å². The Balaban J connectivity index is 2.63. The molecule has 0 aliphatic heterocycles. The highest BCUT2D eigenvalue weighted by Crippen LogP contribution is 2.22. The maximum atomic E-state index is 11.3. The van der Waals surface area contributed by atoms with Gasteiger partial charge in [-0.15, -0.1) is 0 Å². The molecule has 2 rings (SSSR count). The second kappa shape index (κ2) is 4.09. The molecule has 0 saturated heterocycles. The van der Waals surface area contributed by atoms with Crippen molar-refractivity contribution in [1.82, 2.24) is 9.97 Å². The van der Waals surface area contributed by atoms with Crippen molar-refractivity contribution in [3.05, 3.63) is 44.7 Å². The van der Waals surface area contributed by atoms with E-state index in [1.54, 1.807) is 0 Å². The summed E-state index contributed by atoms with van der Waals surface area (Å²) in [6, 6.07) is 7.00. The number of nitrogens with one attached hydrogen (secondary N) is 1. The molecule has 0 radical (unpaired) electrons. The normalized spacial score (nSPS) is 10.4. The molecule has 5 heteroatoms. The van der Waals surface area contributed by atoms with E-state index in [4.69, 9.17) is 5.73 Å². The number of nitrogens with two attached hydrogens (primary N) is 1. The molecule has 0 atom stereocenters. The average molecular weight is 280 g/mol. The Morgan fingerprint density at radius 3 is 2.75 bits per heavy atom. The van der Waals surface area contributed by atoms with E-state index in [1.807, 2.05) is 25.1 Å². The number of halogens is 1. The Kier molecular flexibility index (Phi) is 2.78. The van der Waals surface area contributed by atoms with Crippen molar-refractivity contribution in [3.63, 3.8) is 0 Å². The van der Waals surface area contributed by atoms with Gasteiger partial charge in [-0.05, 0) is 30.7 Å². The van der Waals surface area contributed by atoms with E-state index >= 15 is 0 Å². The van der Waals surface area contributed by atoms with Crippen LogP contribution in [-0.4, -0.2) is 9.97 Å². The lowest BCUT2D eigenvalue weighted by Gasteiger charge is -2.05. The number of hydrogen-bond donors (Lipinski definition) is 2. The molecular weight excluding hydrogens is 270 g/mol. The van der Waals surface area contributed by atoms with E-state index < -0.39 is 0 Å². The van der Waals surface area contributed by atoms with Crippen molar-refractivity contribution in [3.8, 4) is 11.4 Å². The van der Waals surface area contributed by atoms with Crippen LogP contribution in [0, 0.1) is 6.92 Å². The van der Waals surface area contributed by atoms with Gasteiger partial charge in [-0.3, -0.25) is 4.79 Å². The van der Waals surface area contributed by atoms with E-state index in [-0.39, 0.29) is 11.4 Å². The maximum absolute atomic E-state index is 11.3. The molecule has 0 aliphatic rings. The molecule has 0 aliphatic carbocycles. The van der Waals surface area contributed by atoms with Crippen LogP contribution in [0.5, 0.6) is 0 Å². The van der Waals surface area contributed by atoms with Gasteiger partial charge in [0.05, 0.1) is 0 Å². The van der Waals surface area contributed by atoms with Crippen LogP contribution in [-0.2, 0) is 0 Å². The molecule has 0 bridgehead atoms. The van der Waals surface area contributed by atoms with Crippen molar-refractivity contribution >= 4 is 21.7 Å². The first-order chi connectivity index (χ1) is 7.56. The van der Waals surface area contributed by atoms with E-state index in [2.05, 4.69) is 25.9 Å². The smallest absolute Gasteiger partial charge is 0.253 e.